The van der Waals surface area contributed by atoms with Gasteiger partial charge in [0.25, 0.3) is 0 Å². The van der Waals surface area contributed by atoms with E-state index in [0.29, 0.717) is 19.7 Å². The molecule has 1 amide bonds. The molecule has 184 valence electrons. The van der Waals surface area contributed by atoms with E-state index in [1.165, 1.54) is 5.69 Å². The van der Waals surface area contributed by atoms with E-state index in [1.807, 2.05) is 56.2 Å². The monoisotopic (exact) mass is 480 g/mol. The molecule has 5 rings (SSSR count). The van der Waals surface area contributed by atoms with Gasteiger partial charge in [0.1, 0.15) is 11.3 Å². The summed E-state index contributed by atoms with van der Waals surface area (Å²) < 4.78 is 12.1. The number of allylic oxidation sites excluding steroid dienone is 1. The van der Waals surface area contributed by atoms with Gasteiger partial charge < -0.3 is 19.0 Å². The second kappa shape index (κ2) is 10.3. The summed E-state index contributed by atoms with van der Waals surface area (Å²) in [4.78, 5) is 17.5. The van der Waals surface area contributed by atoms with Crippen LogP contribution in [0, 0.1) is 6.92 Å². The number of ether oxygens (including phenoxy) is 1. The van der Waals surface area contributed by atoms with Crippen LogP contribution >= 0.6 is 0 Å². The number of carbonyl (C=O) groups excluding carboxylic acids is 1. The number of piperazine rings is 1. The fourth-order valence-electron chi connectivity index (χ4n) is 4.96. The number of benzene rings is 3. The molecular formula is C31H32N2O3. The van der Waals surface area contributed by atoms with Crippen LogP contribution in [0.25, 0.3) is 27.7 Å². The van der Waals surface area contributed by atoms with E-state index in [9.17, 15) is 4.79 Å². The maximum absolute atomic E-state index is 13.3. The number of furan rings is 1. The summed E-state index contributed by atoms with van der Waals surface area (Å²) in [5, 5.41) is 1.02. The van der Waals surface area contributed by atoms with Gasteiger partial charge in [-0.15, -0.1) is 0 Å². The summed E-state index contributed by atoms with van der Waals surface area (Å²) in [6.07, 6.45) is 3.56. The molecule has 4 aromatic rings. The maximum atomic E-state index is 13.3. The molecule has 0 N–H and O–H groups in total. The quantitative estimate of drug-likeness (QED) is 0.293. The molecule has 0 unspecified atom stereocenters. The lowest BCUT2D eigenvalue weighted by Crippen LogP contribution is -2.48. The molecule has 1 aliphatic rings. The minimum atomic E-state index is 0.0379. The molecule has 0 bridgehead atoms. The SMILES string of the molecule is CCOc1c(/C(C)=C/C(=O)N2CCN(c3ccccc3)CC2)cc2c(-c3ccccc3)coc2c1C. The minimum Gasteiger partial charge on any atom is -0.493 e. The summed E-state index contributed by atoms with van der Waals surface area (Å²) in [5.74, 6) is 0.810. The predicted octanol–water partition coefficient (Wildman–Crippen LogP) is 6.56. The third kappa shape index (κ3) is 4.61. The molecule has 0 spiro atoms. The Morgan fingerprint density at radius 2 is 1.67 bits per heavy atom. The van der Waals surface area contributed by atoms with Crippen LogP contribution in [0.15, 0.2) is 83.5 Å². The molecule has 0 aliphatic carbocycles. The molecule has 1 saturated heterocycles. The van der Waals surface area contributed by atoms with E-state index in [-0.39, 0.29) is 5.91 Å². The van der Waals surface area contributed by atoms with Gasteiger partial charge in [0.2, 0.25) is 5.91 Å². The molecule has 5 nitrogen and oxygen atoms in total. The maximum Gasteiger partial charge on any atom is 0.246 e. The van der Waals surface area contributed by atoms with Gasteiger partial charge in [0, 0.05) is 60.0 Å². The van der Waals surface area contributed by atoms with Crippen LogP contribution in [-0.4, -0.2) is 43.6 Å². The van der Waals surface area contributed by atoms with Crippen molar-refractivity contribution in [2.75, 3.05) is 37.7 Å². The van der Waals surface area contributed by atoms with Crippen molar-refractivity contribution in [2.24, 2.45) is 0 Å². The second-order valence-electron chi connectivity index (χ2n) is 9.18. The largest absolute Gasteiger partial charge is 0.493 e. The fourth-order valence-corrected chi connectivity index (χ4v) is 4.96. The third-order valence-corrected chi connectivity index (χ3v) is 6.89. The lowest BCUT2D eigenvalue weighted by atomic mass is 9.96. The average Bonchev–Trinajstić information content (AvgIpc) is 3.35. The fraction of sp³-hybridized carbons (Fsp3) is 0.258. The van der Waals surface area contributed by atoms with Crippen molar-refractivity contribution in [2.45, 2.75) is 20.8 Å². The molecule has 2 heterocycles. The number of hydrogen-bond acceptors (Lipinski definition) is 4. The highest BCUT2D eigenvalue weighted by Gasteiger charge is 2.22. The first-order chi connectivity index (χ1) is 17.6. The zero-order valence-corrected chi connectivity index (χ0v) is 21.2. The van der Waals surface area contributed by atoms with Crippen LogP contribution in [0.1, 0.15) is 25.0 Å². The highest BCUT2D eigenvalue weighted by molar-refractivity contribution is 6.01. The minimum absolute atomic E-state index is 0.0379. The first-order valence-corrected chi connectivity index (χ1v) is 12.6. The number of hydrogen-bond donors (Lipinski definition) is 0. The van der Waals surface area contributed by atoms with Crippen molar-refractivity contribution in [3.8, 4) is 16.9 Å². The van der Waals surface area contributed by atoms with Crippen molar-refractivity contribution < 1.29 is 13.9 Å². The Bertz CT molecular complexity index is 1380. The standard InChI is InChI=1S/C31H32N2O3/c1-4-35-30-23(3)31-27(28(21-36-31)24-11-7-5-8-12-24)20-26(30)22(2)19-29(34)33-17-15-32(16-18-33)25-13-9-6-10-14-25/h5-14,19-21H,4,15-18H2,1-3H3/b22-19+. The van der Waals surface area contributed by atoms with Crippen molar-refractivity contribution in [3.63, 3.8) is 0 Å². The smallest absolute Gasteiger partial charge is 0.246 e. The molecule has 3 aromatic carbocycles. The van der Waals surface area contributed by atoms with E-state index >= 15 is 0 Å². The number of rotatable bonds is 6. The van der Waals surface area contributed by atoms with Crippen LogP contribution in [0.2, 0.25) is 0 Å². The zero-order valence-electron chi connectivity index (χ0n) is 21.2. The topological polar surface area (TPSA) is 45.9 Å². The number of amides is 1. The van der Waals surface area contributed by atoms with Gasteiger partial charge in [-0.1, -0.05) is 48.5 Å². The number of carbonyl (C=O) groups is 1. The van der Waals surface area contributed by atoms with Crippen molar-refractivity contribution in [1.29, 1.82) is 0 Å². The molecular weight excluding hydrogens is 448 g/mol. The van der Waals surface area contributed by atoms with Crippen molar-refractivity contribution in [1.82, 2.24) is 4.90 Å². The predicted molar refractivity (Wildman–Crippen MR) is 146 cm³/mol. The Kier molecular flexibility index (Phi) is 6.81. The third-order valence-electron chi connectivity index (χ3n) is 6.89. The summed E-state index contributed by atoms with van der Waals surface area (Å²) in [6, 6.07) is 22.7. The Hall–Kier alpha value is -3.99. The highest BCUT2D eigenvalue weighted by atomic mass is 16.5. The molecule has 0 radical (unpaired) electrons. The number of anilines is 1. The van der Waals surface area contributed by atoms with Crippen LogP contribution in [0.4, 0.5) is 5.69 Å². The van der Waals surface area contributed by atoms with Crippen molar-refractivity contribution >= 4 is 28.1 Å². The van der Waals surface area contributed by atoms with Gasteiger partial charge >= 0.3 is 0 Å². The van der Waals surface area contributed by atoms with E-state index in [0.717, 1.165) is 57.6 Å². The summed E-state index contributed by atoms with van der Waals surface area (Å²) in [5.41, 5.74) is 6.92. The van der Waals surface area contributed by atoms with Gasteiger partial charge in [-0.05, 0) is 50.1 Å². The normalized spacial score (nSPS) is 14.4. The first-order valence-electron chi connectivity index (χ1n) is 12.6. The Balaban J connectivity index is 1.43. The molecule has 1 fully saturated rings. The Morgan fingerprint density at radius 3 is 2.33 bits per heavy atom. The number of para-hydroxylation sites is 1. The van der Waals surface area contributed by atoms with E-state index in [1.54, 1.807) is 6.08 Å². The van der Waals surface area contributed by atoms with Gasteiger partial charge in [-0.3, -0.25) is 4.79 Å². The van der Waals surface area contributed by atoms with Gasteiger partial charge in [-0.25, -0.2) is 0 Å². The van der Waals surface area contributed by atoms with E-state index in [4.69, 9.17) is 9.15 Å². The summed E-state index contributed by atoms with van der Waals surface area (Å²) in [7, 11) is 0. The molecule has 5 heteroatoms. The van der Waals surface area contributed by atoms with Gasteiger partial charge in [0.15, 0.2) is 0 Å². The van der Waals surface area contributed by atoms with Crippen LogP contribution < -0.4 is 9.64 Å². The van der Waals surface area contributed by atoms with Crippen LogP contribution in [0.5, 0.6) is 5.75 Å². The van der Waals surface area contributed by atoms with E-state index in [2.05, 4.69) is 47.4 Å². The number of nitrogens with zero attached hydrogens (tertiary/aromatic N) is 2. The molecule has 36 heavy (non-hydrogen) atoms. The molecule has 0 atom stereocenters. The van der Waals surface area contributed by atoms with Gasteiger partial charge in [0.05, 0.1) is 12.9 Å². The lowest BCUT2D eigenvalue weighted by Gasteiger charge is -2.35. The number of aryl methyl sites for hydroxylation is 1. The zero-order chi connectivity index (χ0) is 25.1. The molecule has 1 aromatic heterocycles. The van der Waals surface area contributed by atoms with E-state index < -0.39 is 0 Å². The Morgan fingerprint density at radius 1 is 1.00 bits per heavy atom. The molecule has 1 aliphatic heterocycles. The average molecular weight is 481 g/mol. The highest BCUT2D eigenvalue weighted by Crippen LogP contribution is 2.40. The van der Waals surface area contributed by atoms with Crippen LogP contribution in [-0.2, 0) is 4.79 Å². The number of fused-ring (bicyclic) bond motifs is 1. The lowest BCUT2D eigenvalue weighted by molar-refractivity contribution is -0.126. The van der Waals surface area contributed by atoms with Crippen LogP contribution in [0.3, 0.4) is 0 Å². The molecule has 0 saturated carbocycles. The summed E-state index contributed by atoms with van der Waals surface area (Å²) in [6.45, 7) is 9.58. The first kappa shape index (κ1) is 23.7. The van der Waals surface area contributed by atoms with Gasteiger partial charge in [-0.2, -0.15) is 0 Å². The Labute approximate surface area is 212 Å². The summed E-state index contributed by atoms with van der Waals surface area (Å²) >= 11 is 0. The van der Waals surface area contributed by atoms with Crippen molar-refractivity contribution in [3.05, 3.63) is 90.2 Å². The second-order valence-corrected chi connectivity index (χ2v) is 9.18.